The molecule has 1 aliphatic rings. The summed E-state index contributed by atoms with van der Waals surface area (Å²) in [6.07, 6.45) is 4.69. The second-order valence-corrected chi connectivity index (χ2v) is 6.15. The van der Waals surface area contributed by atoms with Crippen LogP contribution in [0, 0.1) is 5.92 Å². The number of pyridine rings is 1. The zero-order chi connectivity index (χ0) is 13.8. The highest BCUT2D eigenvalue weighted by Gasteiger charge is 2.24. The van der Waals surface area contributed by atoms with Gasteiger partial charge in [-0.25, -0.2) is 4.98 Å². The van der Waals surface area contributed by atoms with Crippen LogP contribution < -0.4 is 4.90 Å². The van der Waals surface area contributed by atoms with Crippen LogP contribution in [0.1, 0.15) is 51.3 Å². The molecule has 0 bridgehead atoms. The van der Waals surface area contributed by atoms with Crippen molar-refractivity contribution in [2.75, 3.05) is 11.4 Å². The van der Waals surface area contributed by atoms with E-state index in [2.05, 4.69) is 37.8 Å². The maximum atomic E-state index is 6.02. The highest BCUT2D eigenvalue weighted by Crippen LogP contribution is 2.27. The van der Waals surface area contributed by atoms with Crippen molar-refractivity contribution in [3.8, 4) is 0 Å². The van der Waals surface area contributed by atoms with Crippen LogP contribution in [0.4, 0.5) is 5.82 Å². The SMILES string of the molecule is CCCc1cc(CCl)cc(N2CCC(C)CC2C)n1. The first-order chi connectivity index (χ1) is 9.13. The molecule has 0 aromatic carbocycles. The normalized spacial score (nSPS) is 23.7. The van der Waals surface area contributed by atoms with Gasteiger partial charge >= 0.3 is 0 Å². The smallest absolute Gasteiger partial charge is 0.129 e. The minimum Gasteiger partial charge on any atom is -0.354 e. The lowest BCUT2D eigenvalue weighted by Crippen LogP contribution is -2.40. The molecule has 3 heteroatoms. The second kappa shape index (κ2) is 6.60. The van der Waals surface area contributed by atoms with Gasteiger partial charge in [0.15, 0.2) is 0 Å². The first-order valence-electron chi connectivity index (χ1n) is 7.46. The Morgan fingerprint density at radius 3 is 2.79 bits per heavy atom. The average Bonchev–Trinajstić information content (AvgIpc) is 2.38. The maximum Gasteiger partial charge on any atom is 0.129 e. The van der Waals surface area contributed by atoms with E-state index in [1.54, 1.807) is 0 Å². The van der Waals surface area contributed by atoms with Gasteiger partial charge in [-0.1, -0.05) is 20.3 Å². The van der Waals surface area contributed by atoms with Gasteiger partial charge in [0.2, 0.25) is 0 Å². The molecule has 0 saturated carbocycles. The molecule has 2 unspecified atom stereocenters. The van der Waals surface area contributed by atoms with Crippen LogP contribution >= 0.6 is 11.6 Å². The van der Waals surface area contributed by atoms with Crippen molar-refractivity contribution in [3.63, 3.8) is 0 Å². The van der Waals surface area contributed by atoms with Gasteiger partial charge in [-0.2, -0.15) is 0 Å². The number of anilines is 1. The van der Waals surface area contributed by atoms with Crippen LogP contribution in [0.15, 0.2) is 12.1 Å². The molecule has 0 amide bonds. The summed E-state index contributed by atoms with van der Waals surface area (Å²) in [5, 5.41) is 0. The third-order valence-electron chi connectivity index (χ3n) is 4.02. The number of hydrogen-bond donors (Lipinski definition) is 0. The number of rotatable bonds is 4. The quantitative estimate of drug-likeness (QED) is 0.760. The van der Waals surface area contributed by atoms with Crippen LogP contribution in [0.3, 0.4) is 0 Å². The van der Waals surface area contributed by atoms with E-state index in [-0.39, 0.29) is 0 Å². The van der Waals surface area contributed by atoms with Gasteiger partial charge in [-0.05, 0) is 49.8 Å². The van der Waals surface area contributed by atoms with E-state index in [0.717, 1.165) is 31.1 Å². The van der Waals surface area contributed by atoms with E-state index >= 15 is 0 Å². The number of aryl methyl sites for hydroxylation is 1. The molecule has 1 aromatic heterocycles. The second-order valence-electron chi connectivity index (χ2n) is 5.88. The van der Waals surface area contributed by atoms with Crippen molar-refractivity contribution in [3.05, 3.63) is 23.4 Å². The van der Waals surface area contributed by atoms with E-state index in [1.165, 1.54) is 24.1 Å². The third-order valence-corrected chi connectivity index (χ3v) is 4.33. The summed E-state index contributed by atoms with van der Waals surface area (Å²) in [6.45, 7) is 7.97. The molecule has 1 fully saturated rings. The minimum atomic E-state index is 0.574. The monoisotopic (exact) mass is 280 g/mol. The molecular formula is C16H25ClN2. The minimum absolute atomic E-state index is 0.574. The summed E-state index contributed by atoms with van der Waals surface area (Å²) in [4.78, 5) is 7.29. The lowest BCUT2D eigenvalue weighted by Gasteiger charge is -2.37. The van der Waals surface area contributed by atoms with Gasteiger partial charge < -0.3 is 4.90 Å². The summed E-state index contributed by atoms with van der Waals surface area (Å²) >= 11 is 6.02. The topological polar surface area (TPSA) is 16.1 Å². The Labute approximate surface area is 122 Å². The van der Waals surface area contributed by atoms with E-state index in [1.807, 2.05) is 0 Å². The molecule has 1 saturated heterocycles. The number of aromatic nitrogens is 1. The summed E-state index contributed by atoms with van der Waals surface area (Å²) in [6, 6.07) is 4.90. The predicted octanol–water partition coefficient (Wildman–Crippen LogP) is 4.40. The Morgan fingerprint density at radius 2 is 2.16 bits per heavy atom. The molecule has 2 rings (SSSR count). The van der Waals surface area contributed by atoms with Gasteiger partial charge in [0, 0.05) is 24.2 Å². The number of alkyl halides is 1. The van der Waals surface area contributed by atoms with Crippen molar-refractivity contribution in [1.29, 1.82) is 0 Å². The summed E-state index contributed by atoms with van der Waals surface area (Å²) < 4.78 is 0. The Bertz CT molecular complexity index is 419. The van der Waals surface area contributed by atoms with Gasteiger partial charge in [0.25, 0.3) is 0 Å². The highest BCUT2D eigenvalue weighted by molar-refractivity contribution is 6.17. The molecule has 1 aliphatic heterocycles. The fraction of sp³-hybridized carbons (Fsp3) is 0.688. The molecule has 0 spiro atoms. The fourth-order valence-corrected chi connectivity index (χ4v) is 3.14. The van der Waals surface area contributed by atoms with Gasteiger partial charge in [0.1, 0.15) is 5.82 Å². The third kappa shape index (κ3) is 3.62. The summed E-state index contributed by atoms with van der Waals surface area (Å²) in [5.41, 5.74) is 2.38. The Balaban J connectivity index is 2.25. The van der Waals surface area contributed by atoms with Crippen molar-refractivity contribution >= 4 is 17.4 Å². The van der Waals surface area contributed by atoms with Crippen LogP contribution in [-0.2, 0) is 12.3 Å². The summed E-state index contributed by atoms with van der Waals surface area (Å²) in [5.74, 6) is 2.53. The number of piperidine rings is 1. The number of halogens is 1. The van der Waals surface area contributed by atoms with Gasteiger partial charge in [0.05, 0.1) is 0 Å². The van der Waals surface area contributed by atoms with E-state index in [4.69, 9.17) is 16.6 Å². The summed E-state index contributed by atoms with van der Waals surface area (Å²) in [7, 11) is 0. The Morgan fingerprint density at radius 1 is 1.37 bits per heavy atom. The van der Waals surface area contributed by atoms with Crippen LogP contribution in [-0.4, -0.2) is 17.6 Å². The van der Waals surface area contributed by atoms with Crippen molar-refractivity contribution in [1.82, 2.24) is 4.98 Å². The average molecular weight is 281 g/mol. The fourth-order valence-electron chi connectivity index (χ4n) is 2.99. The molecule has 2 heterocycles. The standard InChI is InChI=1S/C16H25ClN2/c1-4-5-15-9-14(11-17)10-16(18-15)19-7-6-12(2)8-13(19)3/h9-10,12-13H,4-8,11H2,1-3H3. The lowest BCUT2D eigenvalue weighted by molar-refractivity contribution is 0.376. The molecule has 19 heavy (non-hydrogen) atoms. The first-order valence-corrected chi connectivity index (χ1v) is 8.00. The molecule has 1 aromatic rings. The highest BCUT2D eigenvalue weighted by atomic mass is 35.5. The van der Waals surface area contributed by atoms with Gasteiger partial charge in [-0.15, -0.1) is 11.6 Å². The molecule has 0 radical (unpaired) electrons. The maximum absolute atomic E-state index is 6.02. The molecule has 2 atom stereocenters. The van der Waals surface area contributed by atoms with Crippen molar-refractivity contribution in [2.24, 2.45) is 5.92 Å². The molecule has 0 N–H and O–H groups in total. The number of hydrogen-bond acceptors (Lipinski definition) is 2. The zero-order valence-electron chi connectivity index (χ0n) is 12.3. The zero-order valence-corrected chi connectivity index (χ0v) is 13.1. The van der Waals surface area contributed by atoms with E-state index in [9.17, 15) is 0 Å². The van der Waals surface area contributed by atoms with E-state index < -0.39 is 0 Å². The van der Waals surface area contributed by atoms with Crippen LogP contribution in [0.25, 0.3) is 0 Å². The van der Waals surface area contributed by atoms with Gasteiger partial charge in [-0.3, -0.25) is 0 Å². The molecule has 2 nitrogen and oxygen atoms in total. The molecular weight excluding hydrogens is 256 g/mol. The largest absolute Gasteiger partial charge is 0.354 e. The van der Waals surface area contributed by atoms with Crippen LogP contribution in [0.2, 0.25) is 0 Å². The molecule has 0 aliphatic carbocycles. The predicted molar refractivity (Wildman–Crippen MR) is 83.0 cm³/mol. The van der Waals surface area contributed by atoms with E-state index in [0.29, 0.717) is 11.9 Å². The Hall–Kier alpha value is -0.760. The van der Waals surface area contributed by atoms with Crippen molar-refractivity contribution < 1.29 is 0 Å². The Kier molecular flexibility index (Phi) is 5.09. The molecule has 106 valence electrons. The lowest BCUT2D eigenvalue weighted by atomic mass is 9.93. The van der Waals surface area contributed by atoms with Crippen molar-refractivity contribution in [2.45, 2.75) is 58.4 Å². The van der Waals surface area contributed by atoms with Crippen LogP contribution in [0.5, 0.6) is 0 Å². The number of nitrogens with zero attached hydrogens (tertiary/aromatic N) is 2. The first kappa shape index (κ1) is 14.6.